The number of benzene rings is 1. The molecule has 1 atom stereocenters. The summed E-state index contributed by atoms with van der Waals surface area (Å²) in [6, 6.07) is 17.9. The normalized spacial score (nSPS) is 11.7. The van der Waals surface area contributed by atoms with Gasteiger partial charge in [0.15, 0.2) is 0 Å². The van der Waals surface area contributed by atoms with Gasteiger partial charge in [0.05, 0.1) is 11.7 Å². The lowest BCUT2D eigenvalue weighted by molar-refractivity contribution is 0.0940. The molecule has 0 aliphatic carbocycles. The lowest BCUT2D eigenvalue weighted by Gasteiger charge is -2.18. The first-order chi connectivity index (χ1) is 11.6. The van der Waals surface area contributed by atoms with Crippen LogP contribution in [0.25, 0.3) is 0 Å². The quantitative estimate of drug-likeness (QED) is 0.776. The van der Waals surface area contributed by atoms with Gasteiger partial charge in [-0.05, 0) is 36.8 Å². The predicted octanol–water partition coefficient (Wildman–Crippen LogP) is 2.60. The molecule has 0 saturated heterocycles. The van der Waals surface area contributed by atoms with Crippen LogP contribution in [-0.4, -0.2) is 15.9 Å². The first-order valence-corrected chi connectivity index (χ1v) is 7.62. The Labute approximate surface area is 139 Å². The van der Waals surface area contributed by atoms with Gasteiger partial charge in [-0.2, -0.15) is 0 Å². The number of aryl methyl sites for hydroxylation is 1. The van der Waals surface area contributed by atoms with E-state index in [1.54, 1.807) is 19.2 Å². The Hall–Kier alpha value is -3.21. The summed E-state index contributed by atoms with van der Waals surface area (Å²) in [5.41, 5.74) is 1.99. The maximum absolute atomic E-state index is 12.6. The highest BCUT2D eigenvalue weighted by Gasteiger charge is 2.20. The van der Waals surface area contributed by atoms with Gasteiger partial charge in [-0.1, -0.05) is 36.4 Å². The molecule has 5 heteroatoms. The number of hydrogen-bond acceptors (Lipinski definition) is 3. The highest BCUT2D eigenvalue weighted by molar-refractivity contribution is 5.94. The van der Waals surface area contributed by atoms with Crippen molar-refractivity contribution in [1.82, 2.24) is 15.3 Å². The van der Waals surface area contributed by atoms with Crippen LogP contribution in [0.15, 0.2) is 71.7 Å². The number of carbonyl (C=O) groups is 1. The number of hydrogen-bond donors (Lipinski definition) is 2. The van der Waals surface area contributed by atoms with Gasteiger partial charge in [-0.15, -0.1) is 0 Å². The van der Waals surface area contributed by atoms with E-state index >= 15 is 0 Å². The molecule has 1 amide bonds. The summed E-state index contributed by atoms with van der Waals surface area (Å²) in [6.07, 6.45) is 1.68. The average molecular weight is 319 g/mol. The number of H-pyrrole nitrogens is 1. The number of rotatable bonds is 4. The topological polar surface area (TPSA) is 74.8 Å². The molecule has 0 aliphatic rings. The Morgan fingerprint density at radius 2 is 1.79 bits per heavy atom. The first kappa shape index (κ1) is 15.7. The van der Waals surface area contributed by atoms with E-state index in [-0.39, 0.29) is 5.56 Å². The molecule has 0 radical (unpaired) electrons. The largest absolute Gasteiger partial charge is 0.339 e. The van der Waals surface area contributed by atoms with Gasteiger partial charge >= 0.3 is 0 Å². The van der Waals surface area contributed by atoms with E-state index in [9.17, 15) is 9.59 Å². The smallest absolute Gasteiger partial charge is 0.260 e. The minimum Gasteiger partial charge on any atom is -0.339 e. The maximum Gasteiger partial charge on any atom is 0.260 e. The molecular weight excluding hydrogens is 302 g/mol. The van der Waals surface area contributed by atoms with Crippen LogP contribution >= 0.6 is 0 Å². The van der Waals surface area contributed by atoms with Gasteiger partial charge < -0.3 is 10.3 Å². The fraction of sp³-hybridized carbons (Fsp3) is 0.105. The fourth-order valence-electron chi connectivity index (χ4n) is 2.48. The van der Waals surface area contributed by atoms with Gasteiger partial charge in [0.1, 0.15) is 5.56 Å². The van der Waals surface area contributed by atoms with Gasteiger partial charge in [-0.3, -0.25) is 14.6 Å². The molecule has 2 heterocycles. The van der Waals surface area contributed by atoms with Gasteiger partial charge in [-0.25, -0.2) is 0 Å². The second kappa shape index (κ2) is 6.91. The van der Waals surface area contributed by atoms with E-state index in [4.69, 9.17) is 0 Å². The van der Waals surface area contributed by atoms with Gasteiger partial charge in [0, 0.05) is 11.9 Å². The number of carbonyl (C=O) groups excluding carboxylic acids is 1. The van der Waals surface area contributed by atoms with Crippen LogP contribution in [-0.2, 0) is 0 Å². The summed E-state index contributed by atoms with van der Waals surface area (Å²) in [7, 11) is 0. The zero-order valence-corrected chi connectivity index (χ0v) is 13.2. The molecule has 0 saturated carbocycles. The van der Waals surface area contributed by atoms with Crippen molar-refractivity contribution in [3.8, 4) is 0 Å². The Morgan fingerprint density at radius 3 is 2.46 bits per heavy atom. The molecule has 0 unspecified atom stereocenters. The summed E-state index contributed by atoms with van der Waals surface area (Å²) >= 11 is 0. The van der Waals surface area contributed by atoms with Crippen molar-refractivity contribution >= 4 is 5.91 Å². The van der Waals surface area contributed by atoms with Crippen molar-refractivity contribution in [3.05, 3.63) is 99.7 Å². The molecule has 1 aromatic carbocycles. The van der Waals surface area contributed by atoms with E-state index in [0.29, 0.717) is 11.4 Å². The molecule has 3 aromatic rings. The van der Waals surface area contributed by atoms with Crippen LogP contribution < -0.4 is 10.9 Å². The van der Waals surface area contributed by atoms with Crippen molar-refractivity contribution < 1.29 is 4.79 Å². The van der Waals surface area contributed by atoms with Crippen LogP contribution in [0.5, 0.6) is 0 Å². The zero-order valence-electron chi connectivity index (χ0n) is 13.2. The molecule has 5 nitrogen and oxygen atoms in total. The van der Waals surface area contributed by atoms with E-state index in [1.807, 2.05) is 48.5 Å². The molecule has 120 valence electrons. The standard InChI is InChI=1S/C19H17N3O2/c1-13-10-11-15(18(23)21-13)19(24)22-17(14-7-3-2-4-8-14)16-9-5-6-12-20-16/h2-12,17H,1H3,(H,21,23)(H,22,24)/t17-/m0/s1. The number of aromatic nitrogens is 2. The minimum atomic E-state index is -0.434. The number of amides is 1. The van der Waals surface area contributed by atoms with E-state index < -0.39 is 17.5 Å². The van der Waals surface area contributed by atoms with Crippen LogP contribution in [0.4, 0.5) is 0 Å². The van der Waals surface area contributed by atoms with Crippen LogP contribution in [0, 0.1) is 6.92 Å². The minimum absolute atomic E-state index is 0.0810. The lowest BCUT2D eigenvalue weighted by Crippen LogP contribution is -2.33. The highest BCUT2D eigenvalue weighted by atomic mass is 16.2. The third kappa shape index (κ3) is 3.41. The predicted molar refractivity (Wildman–Crippen MR) is 91.8 cm³/mol. The number of nitrogens with one attached hydrogen (secondary N) is 2. The fourth-order valence-corrected chi connectivity index (χ4v) is 2.48. The molecule has 0 bridgehead atoms. The van der Waals surface area contributed by atoms with E-state index in [1.165, 1.54) is 6.07 Å². The SMILES string of the molecule is Cc1ccc(C(=O)N[C@@H](c2ccccc2)c2ccccn2)c(=O)[nH]1. The lowest BCUT2D eigenvalue weighted by atomic mass is 10.0. The second-order valence-corrected chi connectivity index (χ2v) is 5.46. The summed E-state index contributed by atoms with van der Waals surface area (Å²) in [6.45, 7) is 1.77. The molecular formula is C19H17N3O2. The number of nitrogens with zero attached hydrogens (tertiary/aromatic N) is 1. The van der Waals surface area contributed by atoms with E-state index in [2.05, 4.69) is 15.3 Å². The van der Waals surface area contributed by atoms with Gasteiger partial charge in [0.2, 0.25) is 0 Å². The van der Waals surface area contributed by atoms with Crippen molar-refractivity contribution in [2.24, 2.45) is 0 Å². The average Bonchev–Trinajstić information content (AvgIpc) is 2.61. The molecule has 0 aliphatic heterocycles. The third-order valence-corrected chi connectivity index (χ3v) is 3.69. The van der Waals surface area contributed by atoms with Crippen LogP contribution in [0.2, 0.25) is 0 Å². The number of aromatic amines is 1. The zero-order chi connectivity index (χ0) is 16.9. The molecule has 2 aromatic heterocycles. The first-order valence-electron chi connectivity index (χ1n) is 7.62. The van der Waals surface area contributed by atoms with Crippen molar-refractivity contribution in [2.45, 2.75) is 13.0 Å². The molecule has 3 rings (SSSR count). The second-order valence-electron chi connectivity index (χ2n) is 5.46. The molecule has 0 spiro atoms. The Balaban J connectivity index is 1.95. The maximum atomic E-state index is 12.6. The Bertz CT molecular complexity index is 850. The summed E-state index contributed by atoms with van der Waals surface area (Å²) in [5.74, 6) is -0.434. The van der Waals surface area contributed by atoms with Crippen molar-refractivity contribution in [3.63, 3.8) is 0 Å². The van der Waals surface area contributed by atoms with E-state index in [0.717, 1.165) is 5.56 Å². The summed E-state index contributed by atoms with van der Waals surface area (Å²) in [5, 5.41) is 2.90. The van der Waals surface area contributed by atoms with Crippen molar-refractivity contribution in [2.75, 3.05) is 0 Å². The van der Waals surface area contributed by atoms with Crippen LogP contribution in [0.3, 0.4) is 0 Å². The molecule has 24 heavy (non-hydrogen) atoms. The highest BCUT2D eigenvalue weighted by Crippen LogP contribution is 2.20. The number of pyridine rings is 2. The molecule has 0 fully saturated rings. The summed E-state index contributed by atoms with van der Waals surface area (Å²) < 4.78 is 0. The van der Waals surface area contributed by atoms with Crippen LogP contribution in [0.1, 0.15) is 33.4 Å². The van der Waals surface area contributed by atoms with Crippen molar-refractivity contribution in [1.29, 1.82) is 0 Å². The third-order valence-electron chi connectivity index (χ3n) is 3.69. The molecule has 2 N–H and O–H groups in total. The van der Waals surface area contributed by atoms with Gasteiger partial charge in [0.25, 0.3) is 11.5 Å². The Kier molecular flexibility index (Phi) is 4.52. The monoisotopic (exact) mass is 319 g/mol. The summed E-state index contributed by atoms with van der Waals surface area (Å²) in [4.78, 5) is 31.6. The Morgan fingerprint density at radius 1 is 1.04 bits per heavy atom.